The molecule has 0 spiro atoms. The van der Waals surface area contributed by atoms with Crippen LogP contribution in [0.3, 0.4) is 0 Å². The molecule has 3 rings (SSSR count). The molecule has 0 unspecified atom stereocenters. The molecule has 6 nitrogen and oxygen atoms in total. The molecule has 1 saturated carbocycles. The number of hydrogen-bond donors (Lipinski definition) is 1. The first kappa shape index (κ1) is 21.3. The molecule has 2 aliphatic rings. The predicted octanol–water partition coefficient (Wildman–Crippen LogP) is 2.74. The third-order valence-electron chi connectivity index (χ3n) is 5.34. The molecule has 1 amide bonds. The van der Waals surface area contributed by atoms with Crippen LogP contribution in [0.2, 0.25) is 0 Å². The van der Waals surface area contributed by atoms with Gasteiger partial charge in [-0.05, 0) is 18.9 Å². The second-order valence-corrected chi connectivity index (χ2v) is 8.11. The number of halogens is 3. The standard InChI is InChI=1S/C18H25F3N4O2S/c19-18(20,21)14-4-7-22-16(24-14)28-12-15(26)23-13-17(5-2-1-3-6-17)25-8-10-27-11-9-25/h4,7H,1-3,5-6,8-13H2,(H,23,26). The van der Waals surface area contributed by atoms with E-state index < -0.39 is 11.9 Å². The van der Waals surface area contributed by atoms with Crippen LogP contribution in [0.5, 0.6) is 0 Å². The van der Waals surface area contributed by atoms with E-state index in [0.29, 0.717) is 19.8 Å². The molecule has 1 aliphatic heterocycles. The molecule has 1 aromatic rings. The molecule has 156 valence electrons. The fourth-order valence-electron chi connectivity index (χ4n) is 3.86. The van der Waals surface area contributed by atoms with Crippen molar-refractivity contribution >= 4 is 17.7 Å². The molecule has 0 bridgehead atoms. The highest BCUT2D eigenvalue weighted by atomic mass is 32.2. The zero-order valence-electron chi connectivity index (χ0n) is 15.6. The lowest BCUT2D eigenvalue weighted by molar-refractivity contribution is -0.141. The average Bonchev–Trinajstić information content (AvgIpc) is 2.72. The summed E-state index contributed by atoms with van der Waals surface area (Å²) in [5.74, 6) is -0.232. The van der Waals surface area contributed by atoms with Crippen molar-refractivity contribution in [2.75, 3.05) is 38.6 Å². The van der Waals surface area contributed by atoms with Crippen LogP contribution < -0.4 is 5.32 Å². The topological polar surface area (TPSA) is 67.4 Å². The van der Waals surface area contributed by atoms with E-state index >= 15 is 0 Å². The van der Waals surface area contributed by atoms with Crippen molar-refractivity contribution in [1.82, 2.24) is 20.2 Å². The van der Waals surface area contributed by atoms with E-state index in [1.165, 1.54) is 6.42 Å². The van der Waals surface area contributed by atoms with Crippen LogP contribution in [0.15, 0.2) is 17.4 Å². The van der Waals surface area contributed by atoms with Gasteiger partial charge in [0, 0.05) is 31.4 Å². The smallest absolute Gasteiger partial charge is 0.379 e. The predicted molar refractivity (Wildman–Crippen MR) is 99.0 cm³/mol. The van der Waals surface area contributed by atoms with Crippen molar-refractivity contribution in [3.8, 4) is 0 Å². The van der Waals surface area contributed by atoms with E-state index in [9.17, 15) is 18.0 Å². The molecule has 2 fully saturated rings. The highest BCUT2D eigenvalue weighted by Crippen LogP contribution is 2.34. The molecular weight excluding hydrogens is 393 g/mol. The lowest BCUT2D eigenvalue weighted by Gasteiger charge is -2.48. The summed E-state index contributed by atoms with van der Waals surface area (Å²) in [6, 6.07) is 0.819. The van der Waals surface area contributed by atoms with E-state index in [1.54, 1.807) is 0 Å². The normalized spacial score (nSPS) is 20.7. The van der Waals surface area contributed by atoms with Gasteiger partial charge in [-0.15, -0.1) is 0 Å². The number of carbonyl (C=O) groups is 1. The van der Waals surface area contributed by atoms with Gasteiger partial charge in [-0.3, -0.25) is 9.69 Å². The quantitative estimate of drug-likeness (QED) is 0.566. The number of amides is 1. The number of hydrogen-bond acceptors (Lipinski definition) is 6. The van der Waals surface area contributed by atoms with E-state index in [1.807, 2.05) is 0 Å². The second kappa shape index (κ2) is 9.41. The van der Waals surface area contributed by atoms with E-state index in [2.05, 4.69) is 20.2 Å². The summed E-state index contributed by atoms with van der Waals surface area (Å²) in [5.41, 5.74) is -1.05. The maximum absolute atomic E-state index is 12.7. The van der Waals surface area contributed by atoms with E-state index in [0.717, 1.165) is 62.8 Å². The van der Waals surface area contributed by atoms with Crippen LogP contribution in [0.1, 0.15) is 37.8 Å². The maximum atomic E-state index is 12.7. The molecule has 1 aliphatic carbocycles. The van der Waals surface area contributed by atoms with Gasteiger partial charge in [0.05, 0.1) is 19.0 Å². The van der Waals surface area contributed by atoms with E-state index in [-0.39, 0.29) is 22.4 Å². The minimum atomic E-state index is -4.52. The number of alkyl halides is 3. The van der Waals surface area contributed by atoms with Crippen LogP contribution >= 0.6 is 11.8 Å². The van der Waals surface area contributed by atoms with Gasteiger partial charge in [0.25, 0.3) is 0 Å². The minimum Gasteiger partial charge on any atom is -0.379 e. The van der Waals surface area contributed by atoms with Gasteiger partial charge < -0.3 is 10.1 Å². The minimum absolute atomic E-state index is 0.0134. The Morgan fingerprint density at radius 3 is 2.64 bits per heavy atom. The third kappa shape index (κ3) is 5.57. The summed E-state index contributed by atoms with van der Waals surface area (Å²) < 4.78 is 43.6. The van der Waals surface area contributed by atoms with Gasteiger partial charge >= 0.3 is 6.18 Å². The van der Waals surface area contributed by atoms with Gasteiger partial charge in [-0.25, -0.2) is 9.97 Å². The Bertz CT molecular complexity index is 662. The molecular formula is C18H25F3N4O2S. The summed E-state index contributed by atoms with van der Waals surface area (Å²) in [6.07, 6.45) is 2.11. The fraction of sp³-hybridized carbons (Fsp3) is 0.722. The first-order valence-electron chi connectivity index (χ1n) is 9.52. The average molecular weight is 418 g/mol. The Hall–Kier alpha value is -1.39. The number of carbonyl (C=O) groups excluding carboxylic acids is 1. The summed E-state index contributed by atoms with van der Waals surface area (Å²) in [7, 11) is 0. The first-order chi connectivity index (χ1) is 13.4. The molecule has 1 aromatic heterocycles. The lowest BCUT2D eigenvalue weighted by Crippen LogP contribution is -2.59. The number of morpholine rings is 1. The molecule has 2 heterocycles. The Balaban J connectivity index is 1.53. The van der Waals surface area contributed by atoms with Crippen LogP contribution in [-0.2, 0) is 15.7 Å². The zero-order valence-corrected chi connectivity index (χ0v) is 16.4. The second-order valence-electron chi connectivity index (χ2n) is 7.17. The van der Waals surface area contributed by atoms with Crippen molar-refractivity contribution < 1.29 is 22.7 Å². The van der Waals surface area contributed by atoms with Gasteiger partial charge in [0.1, 0.15) is 5.69 Å². The number of ether oxygens (including phenoxy) is 1. The molecule has 28 heavy (non-hydrogen) atoms. The highest BCUT2D eigenvalue weighted by Gasteiger charge is 2.38. The van der Waals surface area contributed by atoms with Crippen LogP contribution in [0.4, 0.5) is 13.2 Å². The Kier molecular flexibility index (Phi) is 7.16. The summed E-state index contributed by atoms with van der Waals surface area (Å²) >= 11 is 0.912. The summed E-state index contributed by atoms with van der Waals surface area (Å²) in [5, 5.41) is 2.94. The first-order valence-corrected chi connectivity index (χ1v) is 10.5. The maximum Gasteiger partial charge on any atom is 0.433 e. The molecule has 0 aromatic carbocycles. The van der Waals surface area contributed by atoms with Crippen molar-refractivity contribution in [1.29, 1.82) is 0 Å². The van der Waals surface area contributed by atoms with Crippen molar-refractivity contribution in [3.63, 3.8) is 0 Å². The number of thioether (sulfide) groups is 1. The Morgan fingerprint density at radius 2 is 1.96 bits per heavy atom. The number of nitrogens with one attached hydrogen (secondary N) is 1. The monoisotopic (exact) mass is 418 g/mol. The third-order valence-corrected chi connectivity index (χ3v) is 6.20. The summed E-state index contributed by atoms with van der Waals surface area (Å²) in [6.45, 7) is 3.69. The Labute approximate surface area is 166 Å². The Morgan fingerprint density at radius 1 is 1.25 bits per heavy atom. The largest absolute Gasteiger partial charge is 0.433 e. The van der Waals surface area contributed by atoms with Crippen LogP contribution in [0.25, 0.3) is 0 Å². The summed E-state index contributed by atoms with van der Waals surface area (Å²) in [4.78, 5) is 22.0. The van der Waals surface area contributed by atoms with Crippen LogP contribution in [-0.4, -0.2) is 64.9 Å². The molecule has 0 atom stereocenters. The van der Waals surface area contributed by atoms with E-state index in [4.69, 9.17) is 4.74 Å². The van der Waals surface area contributed by atoms with Gasteiger partial charge in [-0.1, -0.05) is 31.0 Å². The number of rotatable bonds is 6. The highest BCUT2D eigenvalue weighted by molar-refractivity contribution is 7.99. The lowest BCUT2D eigenvalue weighted by atomic mass is 9.79. The van der Waals surface area contributed by atoms with Gasteiger partial charge in [-0.2, -0.15) is 13.2 Å². The SMILES string of the molecule is O=C(CSc1nccc(C(F)(F)F)n1)NCC1(N2CCOCC2)CCCCC1. The number of nitrogens with zero attached hydrogens (tertiary/aromatic N) is 3. The molecule has 1 N–H and O–H groups in total. The molecule has 10 heteroatoms. The van der Waals surface area contributed by atoms with Gasteiger partial charge in [0.2, 0.25) is 5.91 Å². The van der Waals surface area contributed by atoms with Crippen molar-refractivity contribution in [2.45, 2.75) is 49.0 Å². The van der Waals surface area contributed by atoms with Crippen molar-refractivity contribution in [3.05, 3.63) is 18.0 Å². The van der Waals surface area contributed by atoms with Crippen LogP contribution in [0, 0.1) is 0 Å². The number of aromatic nitrogens is 2. The molecule has 1 saturated heterocycles. The molecule has 0 radical (unpaired) electrons. The van der Waals surface area contributed by atoms with Gasteiger partial charge in [0.15, 0.2) is 5.16 Å². The zero-order chi connectivity index (χ0) is 20.0. The fourth-order valence-corrected chi connectivity index (χ4v) is 4.53. The van der Waals surface area contributed by atoms with Crippen molar-refractivity contribution in [2.24, 2.45) is 0 Å².